The van der Waals surface area contributed by atoms with Crippen LogP contribution in [0.3, 0.4) is 0 Å². The second-order valence-corrected chi connectivity index (χ2v) is 6.11. The molecule has 0 radical (unpaired) electrons. The fourth-order valence-corrected chi connectivity index (χ4v) is 3.11. The second kappa shape index (κ2) is 8.31. The van der Waals surface area contributed by atoms with Crippen LogP contribution in [0.25, 0.3) is 0 Å². The van der Waals surface area contributed by atoms with Crippen LogP contribution >= 0.6 is 0 Å². The van der Waals surface area contributed by atoms with Crippen LogP contribution in [0.1, 0.15) is 42.4 Å². The molecule has 0 bridgehead atoms. The zero-order valence-electron chi connectivity index (χ0n) is 15.4. The van der Waals surface area contributed by atoms with E-state index in [4.69, 9.17) is 4.74 Å². The highest BCUT2D eigenvalue weighted by atomic mass is 16.5. The second-order valence-electron chi connectivity index (χ2n) is 6.11. The number of hydrogen-bond donors (Lipinski definition) is 1. The van der Waals surface area contributed by atoms with Gasteiger partial charge in [-0.1, -0.05) is 19.1 Å². The number of methoxy groups -OCH3 is 1. The Morgan fingerprint density at radius 3 is 2.71 bits per heavy atom. The van der Waals surface area contributed by atoms with Gasteiger partial charge in [0.05, 0.1) is 26.0 Å². The number of aryl methyl sites for hydroxylation is 1. The molecule has 0 aliphatic heterocycles. The van der Waals surface area contributed by atoms with Gasteiger partial charge in [-0.2, -0.15) is 5.10 Å². The first-order valence-corrected chi connectivity index (χ1v) is 8.53. The van der Waals surface area contributed by atoms with Gasteiger partial charge < -0.3 is 9.84 Å². The monoisotopic (exact) mass is 331 g/mol. The van der Waals surface area contributed by atoms with Gasteiger partial charge >= 0.3 is 0 Å². The third-order valence-corrected chi connectivity index (χ3v) is 4.73. The minimum absolute atomic E-state index is 0.110. The number of aliphatic hydroxyl groups excluding tert-OH is 1. The molecule has 0 spiro atoms. The summed E-state index contributed by atoms with van der Waals surface area (Å²) in [6, 6.07) is 8.53. The number of aromatic nitrogens is 2. The molecule has 2 rings (SSSR count). The van der Waals surface area contributed by atoms with Crippen molar-refractivity contribution in [2.24, 2.45) is 0 Å². The Balaban J connectivity index is 2.22. The number of benzene rings is 1. The predicted octanol–water partition coefficient (Wildman–Crippen LogP) is 3.08. The Kier molecular flexibility index (Phi) is 6.40. The summed E-state index contributed by atoms with van der Waals surface area (Å²) in [5.74, 6) is 0.888. The maximum atomic E-state index is 9.18. The van der Waals surface area contributed by atoms with Crippen molar-refractivity contribution in [2.45, 2.75) is 46.8 Å². The lowest BCUT2D eigenvalue weighted by molar-refractivity contribution is 0.211. The molecule has 0 saturated carbocycles. The summed E-state index contributed by atoms with van der Waals surface area (Å²) in [7, 11) is 1.70. The van der Waals surface area contributed by atoms with Crippen molar-refractivity contribution >= 4 is 0 Å². The van der Waals surface area contributed by atoms with Gasteiger partial charge in [-0.15, -0.1) is 0 Å². The van der Waals surface area contributed by atoms with Crippen LogP contribution in [0.4, 0.5) is 0 Å². The predicted molar refractivity (Wildman–Crippen MR) is 96.3 cm³/mol. The average molecular weight is 331 g/mol. The Bertz CT molecular complexity index is 667. The van der Waals surface area contributed by atoms with Gasteiger partial charge in [0, 0.05) is 23.8 Å². The first-order chi connectivity index (χ1) is 11.5. The van der Waals surface area contributed by atoms with Gasteiger partial charge in [0.2, 0.25) is 0 Å². The van der Waals surface area contributed by atoms with Crippen molar-refractivity contribution in [3.8, 4) is 5.75 Å². The van der Waals surface area contributed by atoms with Gasteiger partial charge in [-0.25, -0.2) is 0 Å². The average Bonchev–Trinajstić information content (AvgIpc) is 2.86. The molecule has 2 aromatic rings. The first kappa shape index (κ1) is 18.5. The number of aliphatic hydroxyl groups is 1. The van der Waals surface area contributed by atoms with Gasteiger partial charge in [0.15, 0.2) is 0 Å². The van der Waals surface area contributed by atoms with Crippen molar-refractivity contribution in [2.75, 3.05) is 20.3 Å². The van der Waals surface area contributed by atoms with E-state index in [1.54, 1.807) is 7.11 Å². The van der Waals surface area contributed by atoms with Crippen molar-refractivity contribution in [1.29, 1.82) is 0 Å². The summed E-state index contributed by atoms with van der Waals surface area (Å²) in [4.78, 5) is 2.43. The SMILES string of the molecule is CCN(Cc1c(C)nn(CCO)c1C)C(C)c1cccc(OC)c1. The number of ether oxygens (including phenoxy) is 1. The van der Waals surface area contributed by atoms with Crippen LogP contribution in [0.15, 0.2) is 24.3 Å². The minimum Gasteiger partial charge on any atom is -0.497 e. The first-order valence-electron chi connectivity index (χ1n) is 8.53. The lowest BCUT2D eigenvalue weighted by Gasteiger charge is -2.28. The van der Waals surface area contributed by atoms with Crippen LogP contribution in [-0.4, -0.2) is 40.0 Å². The molecule has 1 N–H and O–H groups in total. The quantitative estimate of drug-likeness (QED) is 0.807. The van der Waals surface area contributed by atoms with E-state index >= 15 is 0 Å². The Morgan fingerprint density at radius 1 is 1.33 bits per heavy atom. The molecule has 1 aromatic carbocycles. The molecule has 0 saturated heterocycles. The van der Waals surface area contributed by atoms with Crippen LogP contribution in [0.5, 0.6) is 5.75 Å². The molecule has 0 aliphatic carbocycles. The topological polar surface area (TPSA) is 50.5 Å². The van der Waals surface area contributed by atoms with Crippen molar-refractivity contribution < 1.29 is 9.84 Å². The summed E-state index contributed by atoms with van der Waals surface area (Å²) < 4.78 is 7.25. The maximum Gasteiger partial charge on any atom is 0.119 e. The fourth-order valence-electron chi connectivity index (χ4n) is 3.11. The van der Waals surface area contributed by atoms with E-state index in [0.717, 1.165) is 30.2 Å². The summed E-state index contributed by atoms with van der Waals surface area (Å²) in [6.07, 6.45) is 0. The third kappa shape index (κ3) is 3.97. The van der Waals surface area contributed by atoms with Crippen LogP contribution in [0.2, 0.25) is 0 Å². The number of nitrogens with zero attached hydrogens (tertiary/aromatic N) is 3. The van der Waals surface area contributed by atoms with Gasteiger partial charge in [-0.3, -0.25) is 9.58 Å². The largest absolute Gasteiger partial charge is 0.497 e. The van der Waals surface area contributed by atoms with Crippen molar-refractivity contribution in [3.63, 3.8) is 0 Å². The molecule has 132 valence electrons. The standard InChI is InChI=1S/C19H29N3O2/c1-6-21(15(3)17-8-7-9-18(12-17)24-5)13-19-14(2)20-22(10-11-23)16(19)4/h7-9,12,15,23H,6,10-11,13H2,1-5H3. The summed E-state index contributed by atoms with van der Waals surface area (Å²) in [5, 5.41) is 13.7. The van der Waals surface area contributed by atoms with E-state index in [1.165, 1.54) is 11.1 Å². The summed E-state index contributed by atoms with van der Waals surface area (Å²) in [5.41, 5.74) is 4.67. The Labute approximate surface area is 144 Å². The highest BCUT2D eigenvalue weighted by Crippen LogP contribution is 2.26. The van der Waals surface area contributed by atoms with Gasteiger partial charge in [-0.05, 0) is 45.0 Å². The van der Waals surface area contributed by atoms with E-state index in [9.17, 15) is 5.11 Å². The van der Waals surface area contributed by atoms with E-state index < -0.39 is 0 Å². The molecule has 1 aromatic heterocycles. The molecule has 1 unspecified atom stereocenters. The number of hydrogen-bond acceptors (Lipinski definition) is 4. The highest BCUT2D eigenvalue weighted by Gasteiger charge is 2.19. The summed E-state index contributed by atoms with van der Waals surface area (Å²) >= 11 is 0. The van der Waals surface area contributed by atoms with Crippen LogP contribution in [0, 0.1) is 13.8 Å². The van der Waals surface area contributed by atoms with E-state index in [0.29, 0.717) is 6.54 Å². The fraction of sp³-hybridized carbons (Fsp3) is 0.526. The van der Waals surface area contributed by atoms with E-state index in [-0.39, 0.29) is 12.6 Å². The van der Waals surface area contributed by atoms with Crippen molar-refractivity contribution in [3.05, 3.63) is 46.8 Å². The minimum atomic E-state index is 0.110. The summed E-state index contributed by atoms with van der Waals surface area (Å²) in [6.45, 7) is 11.0. The van der Waals surface area contributed by atoms with Gasteiger partial charge in [0.1, 0.15) is 5.75 Å². The van der Waals surface area contributed by atoms with E-state index in [1.807, 2.05) is 23.7 Å². The Morgan fingerprint density at radius 2 is 2.08 bits per heavy atom. The normalized spacial score (nSPS) is 12.6. The zero-order chi connectivity index (χ0) is 17.7. The van der Waals surface area contributed by atoms with Gasteiger partial charge in [0.25, 0.3) is 0 Å². The Hall–Kier alpha value is -1.85. The molecule has 1 heterocycles. The van der Waals surface area contributed by atoms with E-state index in [2.05, 4.69) is 42.9 Å². The lowest BCUT2D eigenvalue weighted by Crippen LogP contribution is -2.27. The zero-order valence-corrected chi connectivity index (χ0v) is 15.4. The molecule has 5 heteroatoms. The van der Waals surface area contributed by atoms with Crippen LogP contribution < -0.4 is 4.74 Å². The smallest absolute Gasteiger partial charge is 0.119 e. The van der Waals surface area contributed by atoms with Crippen molar-refractivity contribution in [1.82, 2.24) is 14.7 Å². The molecule has 24 heavy (non-hydrogen) atoms. The molecule has 5 nitrogen and oxygen atoms in total. The highest BCUT2D eigenvalue weighted by molar-refractivity contribution is 5.31. The molecular formula is C19H29N3O2. The molecular weight excluding hydrogens is 302 g/mol. The number of rotatable bonds is 8. The molecule has 0 fully saturated rings. The van der Waals surface area contributed by atoms with Crippen LogP contribution in [-0.2, 0) is 13.1 Å². The molecule has 0 amide bonds. The maximum absolute atomic E-state index is 9.18. The molecule has 0 aliphatic rings. The molecule has 1 atom stereocenters. The lowest BCUT2D eigenvalue weighted by atomic mass is 10.0. The third-order valence-electron chi connectivity index (χ3n) is 4.73.